The quantitative estimate of drug-likeness (QED) is 0.784. The van der Waals surface area contributed by atoms with E-state index in [1.165, 1.54) is 6.42 Å². The number of nitrogens with zero attached hydrogens (tertiary/aromatic N) is 2. The molecule has 1 aromatic rings. The number of amides is 1. The van der Waals surface area contributed by atoms with Gasteiger partial charge in [-0.3, -0.25) is 9.48 Å². The van der Waals surface area contributed by atoms with Crippen LogP contribution in [0, 0.1) is 5.92 Å². The minimum Gasteiger partial charge on any atom is -0.350 e. The van der Waals surface area contributed by atoms with E-state index in [1.807, 2.05) is 13.1 Å². The highest BCUT2D eigenvalue weighted by Crippen LogP contribution is 2.22. The van der Waals surface area contributed by atoms with Crippen LogP contribution in [0.15, 0.2) is 12.3 Å². The third-order valence-corrected chi connectivity index (χ3v) is 3.77. The molecule has 2 atom stereocenters. The number of carbonyl (C=O) groups is 1. The van der Waals surface area contributed by atoms with Crippen LogP contribution in [0.5, 0.6) is 0 Å². The van der Waals surface area contributed by atoms with E-state index in [2.05, 4.69) is 10.4 Å². The fourth-order valence-electron chi connectivity index (χ4n) is 2.55. The third kappa shape index (κ3) is 3.10. The normalized spacial score (nSPS) is 24.6. The zero-order valence-corrected chi connectivity index (χ0v) is 10.9. The van der Waals surface area contributed by atoms with Gasteiger partial charge in [-0.25, -0.2) is 0 Å². The Labute approximate surface area is 108 Å². The molecule has 18 heavy (non-hydrogen) atoms. The standard InChI is InChI=1S/C13H22N4O/c1-17-10(7-8-16-17)9-15-13(18)11-5-3-2-4-6-12(11)14/h7-8,11-12H,2-6,9,14H2,1H3,(H,15,18). The van der Waals surface area contributed by atoms with E-state index in [4.69, 9.17) is 5.73 Å². The highest BCUT2D eigenvalue weighted by atomic mass is 16.1. The first kappa shape index (κ1) is 13.1. The van der Waals surface area contributed by atoms with Crippen LogP contribution in [0.4, 0.5) is 0 Å². The molecule has 2 unspecified atom stereocenters. The SMILES string of the molecule is Cn1nccc1CNC(=O)C1CCCCCC1N. The summed E-state index contributed by atoms with van der Waals surface area (Å²) in [5.74, 6) is 0.0614. The number of hydrogen-bond donors (Lipinski definition) is 2. The van der Waals surface area contributed by atoms with Crippen molar-refractivity contribution in [1.82, 2.24) is 15.1 Å². The number of nitrogens with two attached hydrogens (primary N) is 1. The van der Waals surface area contributed by atoms with Crippen LogP contribution in [-0.2, 0) is 18.4 Å². The number of aromatic nitrogens is 2. The summed E-state index contributed by atoms with van der Waals surface area (Å²) in [6, 6.07) is 1.92. The second-order valence-corrected chi connectivity index (χ2v) is 5.07. The largest absolute Gasteiger partial charge is 0.350 e. The molecule has 0 radical (unpaired) electrons. The van der Waals surface area contributed by atoms with Crippen LogP contribution >= 0.6 is 0 Å². The molecule has 5 nitrogen and oxygen atoms in total. The van der Waals surface area contributed by atoms with Gasteiger partial charge in [0, 0.05) is 19.3 Å². The Balaban J connectivity index is 1.88. The van der Waals surface area contributed by atoms with E-state index in [9.17, 15) is 4.79 Å². The van der Waals surface area contributed by atoms with Gasteiger partial charge in [0.15, 0.2) is 0 Å². The van der Waals surface area contributed by atoms with Gasteiger partial charge in [-0.2, -0.15) is 5.10 Å². The van der Waals surface area contributed by atoms with Gasteiger partial charge < -0.3 is 11.1 Å². The van der Waals surface area contributed by atoms with Gasteiger partial charge in [-0.15, -0.1) is 0 Å². The summed E-state index contributed by atoms with van der Waals surface area (Å²) in [6.45, 7) is 0.526. The maximum atomic E-state index is 12.1. The van der Waals surface area contributed by atoms with Crippen molar-refractivity contribution in [3.8, 4) is 0 Å². The van der Waals surface area contributed by atoms with Gasteiger partial charge >= 0.3 is 0 Å². The Bertz CT molecular complexity index is 401. The lowest BCUT2D eigenvalue weighted by Crippen LogP contribution is -2.41. The Morgan fingerprint density at radius 1 is 1.50 bits per heavy atom. The second kappa shape index (κ2) is 6.00. The second-order valence-electron chi connectivity index (χ2n) is 5.07. The molecule has 0 saturated heterocycles. The van der Waals surface area contributed by atoms with Crippen molar-refractivity contribution in [2.75, 3.05) is 0 Å². The molecule has 2 rings (SSSR count). The molecule has 1 amide bonds. The lowest BCUT2D eigenvalue weighted by Gasteiger charge is -2.20. The van der Waals surface area contributed by atoms with Crippen molar-refractivity contribution in [2.45, 2.75) is 44.7 Å². The van der Waals surface area contributed by atoms with Crippen LogP contribution in [-0.4, -0.2) is 21.7 Å². The van der Waals surface area contributed by atoms with Crippen LogP contribution in [0.3, 0.4) is 0 Å². The van der Waals surface area contributed by atoms with E-state index in [1.54, 1.807) is 10.9 Å². The number of nitrogens with one attached hydrogen (secondary N) is 1. The zero-order chi connectivity index (χ0) is 13.0. The van der Waals surface area contributed by atoms with Gasteiger partial charge in [0.2, 0.25) is 5.91 Å². The first-order chi connectivity index (χ1) is 8.68. The molecule has 5 heteroatoms. The van der Waals surface area contributed by atoms with E-state index in [-0.39, 0.29) is 17.9 Å². The molecule has 0 bridgehead atoms. The maximum Gasteiger partial charge on any atom is 0.224 e. The van der Waals surface area contributed by atoms with Gasteiger partial charge in [0.05, 0.1) is 18.2 Å². The molecular weight excluding hydrogens is 228 g/mol. The Kier molecular flexibility index (Phi) is 4.36. The van der Waals surface area contributed by atoms with Crippen molar-refractivity contribution >= 4 is 5.91 Å². The summed E-state index contributed by atoms with van der Waals surface area (Å²) >= 11 is 0. The fourth-order valence-corrected chi connectivity index (χ4v) is 2.55. The monoisotopic (exact) mass is 250 g/mol. The van der Waals surface area contributed by atoms with Crippen LogP contribution in [0.25, 0.3) is 0 Å². The minimum absolute atomic E-state index is 0.0130. The Morgan fingerprint density at radius 2 is 2.28 bits per heavy atom. The van der Waals surface area contributed by atoms with Crippen molar-refractivity contribution < 1.29 is 4.79 Å². The van der Waals surface area contributed by atoms with Crippen LogP contribution in [0.1, 0.15) is 37.8 Å². The summed E-state index contributed by atoms with van der Waals surface area (Å²) in [5, 5.41) is 7.05. The molecule has 1 saturated carbocycles. The van der Waals surface area contributed by atoms with E-state index < -0.39 is 0 Å². The van der Waals surface area contributed by atoms with Gasteiger partial charge in [-0.05, 0) is 18.9 Å². The summed E-state index contributed by atoms with van der Waals surface area (Å²) in [7, 11) is 1.87. The Hall–Kier alpha value is -1.36. The summed E-state index contributed by atoms with van der Waals surface area (Å²) in [4.78, 5) is 12.1. The molecular formula is C13H22N4O. The maximum absolute atomic E-state index is 12.1. The van der Waals surface area contributed by atoms with E-state index in [0.717, 1.165) is 31.4 Å². The highest BCUT2D eigenvalue weighted by molar-refractivity contribution is 5.79. The van der Waals surface area contributed by atoms with E-state index >= 15 is 0 Å². The van der Waals surface area contributed by atoms with Crippen molar-refractivity contribution in [1.29, 1.82) is 0 Å². The number of rotatable bonds is 3. The van der Waals surface area contributed by atoms with Crippen molar-refractivity contribution in [2.24, 2.45) is 18.7 Å². The molecule has 1 heterocycles. The average Bonchev–Trinajstić information content (AvgIpc) is 2.63. The molecule has 1 fully saturated rings. The smallest absolute Gasteiger partial charge is 0.224 e. The molecule has 1 aliphatic rings. The molecule has 0 aromatic carbocycles. The Morgan fingerprint density at radius 3 is 3.00 bits per heavy atom. The summed E-state index contributed by atoms with van der Waals surface area (Å²) in [5.41, 5.74) is 7.09. The highest BCUT2D eigenvalue weighted by Gasteiger charge is 2.26. The molecule has 1 aliphatic carbocycles. The average molecular weight is 250 g/mol. The molecule has 100 valence electrons. The first-order valence-corrected chi connectivity index (χ1v) is 6.68. The van der Waals surface area contributed by atoms with Crippen molar-refractivity contribution in [3.05, 3.63) is 18.0 Å². The molecule has 0 spiro atoms. The van der Waals surface area contributed by atoms with Crippen LogP contribution < -0.4 is 11.1 Å². The lowest BCUT2D eigenvalue weighted by molar-refractivity contribution is -0.126. The zero-order valence-electron chi connectivity index (χ0n) is 10.9. The molecule has 0 aliphatic heterocycles. The first-order valence-electron chi connectivity index (χ1n) is 6.68. The predicted octanol–water partition coefficient (Wildman–Crippen LogP) is 0.944. The van der Waals surface area contributed by atoms with Crippen molar-refractivity contribution in [3.63, 3.8) is 0 Å². The minimum atomic E-state index is -0.0271. The third-order valence-electron chi connectivity index (χ3n) is 3.77. The number of carbonyl (C=O) groups excluding carboxylic acids is 1. The summed E-state index contributed by atoms with van der Waals surface area (Å²) in [6.07, 6.45) is 7.06. The predicted molar refractivity (Wildman–Crippen MR) is 69.6 cm³/mol. The lowest BCUT2D eigenvalue weighted by atomic mass is 9.94. The van der Waals surface area contributed by atoms with Gasteiger partial charge in [-0.1, -0.05) is 19.3 Å². The summed E-state index contributed by atoms with van der Waals surface area (Å²) < 4.78 is 1.77. The topological polar surface area (TPSA) is 72.9 Å². The van der Waals surface area contributed by atoms with Gasteiger partial charge in [0.25, 0.3) is 0 Å². The molecule has 3 N–H and O–H groups in total. The number of aryl methyl sites for hydroxylation is 1. The fraction of sp³-hybridized carbons (Fsp3) is 0.692. The van der Waals surface area contributed by atoms with Crippen LogP contribution in [0.2, 0.25) is 0 Å². The van der Waals surface area contributed by atoms with Gasteiger partial charge in [0.1, 0.15) is 0 Å². The van der Waals surface area contributed by atoms with E-state index in [0.29, 0.717) is 6.54 Å². The number of hydrogen-bond acceptors (Lipinski definition) is 3. The molecule has 1 aromatic heterocycles.